The summed E-state index contributed by atoms with van der Waals surface area (Å²) in [4.78, 5) is 12.2. The average Bonchev–Trinajstić information content (AvgIpc) is 2.89. The van der Waals surface area contributed by atoms with E-state index >= 15 is 0 Å². The van der Waals surface area contributed by atoms with Crippen molar-refractivity contribution in [2.24, 2.45) is 11.3 Å². The van der Waals surface area contributed by atoms with Gasteiger partial charge in [-0.3, -0.25) is 4.79 Å². The molecule has 1 aliphatic heterocycles. The van der Waals surface area contributed by atoms with E-state index in [1.54, 1.807) is 0 Å². The number of carbonyl (C=O) groups excluding carboxylic acids is 1. The molecule has 1 amide bonds. The van der Waals surface area contributed by atoms with E-state index in [0.717, 1.165) is 12.3 Å². The lowest BCUT2D eigenvalue weighted by Gasteiger charge is -2.64. The molecule has 1 spiro atoms. The number of hydrogen-bond donors (Lipinski definition) is 2. The minimum absolute atomic E-state index is 0.0809. The molecule has 2 N–H and O–H groups in total. The molecule has 2 aliphatic carbocycles. The van der Waals surface area contributed by atoms with Gasteiger partial charge in [0.1, 0.15) is 0 Å². The topological polar surface area (TPSA) is 50.4 Å². The smallest absolute Gasteiger partial charge is 0.225 e. The van der Waals surface area contributed by atoms with Gasteiger partial charge in [0, 0.05) is 42.1 Å². The maximum atomic E-state index is 12.2. The summed E-state index contributed by atoms with van der Waals surface area (Å²) < 4.78 is 5.96. The molecule has 4 heteroatoms. The zero-order valence-electron chi connectivity index (χ0n) is 13.8. The van der Waals surface area contributed by atoms with Gasteiger partial charge in [-0.15, -0.1) is 0 Å². The van der Waals surface area contributed by atoms with Gasteiger partial charge in [0.25, 0.3) is 0 Å². The molecule has 4 rings (SSSR count). The molecule has 2 saturated carbocycles. The number of carbonyl (C=O) groups is 1. The largest absolute Gasteiger partial charge is 0.377 e. The van der Waals surface area contributed by atoms with E-state index in [9.17, 15) is 4.79 Å². The normalized spacial score (nSPS) is 31.8. The molecular formula is C19H26N2O2. The Balaban J connectivity index is 1.31. The third-order valence-electron chi connectivity index (χ3n) is 6.05. The van der Waals surface area contributed by atoms with Gasteiger partial charge in [0.05, 0.1) is 6.10 Å². The summed E-state index contributed by atoms with van der Waals surface area (Å²) in [6, 6.07) is 10.4. The number of ether oxygens (including phenoxy) is 1. The molecule has 0 bridgehead atoms. The summed E-state index contributed by atoms with van der Waals surface area (Å²) in [5.74, 6) is 0.743. The van der Waals surface area contributed by atoms with E-state index in [4.69, 9.17) is 4.74 Å². The number of para-hydroxylation sites is 1. The minimum atomic E-state index is 0.0809. The summed E-state index contributed by atoms with van der Waals surface area (Å²) in [6.07, 6.45) is 6.07. The molecule has 1 saturated heterocycles. The van der Waals surface area contributed by atoms with Crippen LogP contribution in [0.4, 0.5) is 5.69 Å². The summed E-state index contributed by atoms with van der Waals surface area (Å²) in [6.45, 7) is 3.04. The molecule has 0 unspecified atom stereocenters. The third kappa shape index (κ3) is 2.58. The second-order valence-electron chi connectivity index (χ2n) is 7.49. The molecule has 4 nitrogen and oxygen atoms in total. The zero-order valence-corrected chi connectivity index (χ0v) is 13.8. The van der Waals surface area contributed by atoms with Crippen LogP contribution in [0.5, 0.6) is 0 Å². The van der Waals surface area contributed by atoms with Crippen LogP contribution in [0, 0.1) is 11.3 Å². The van der Waals surface area contributed by atoms with Gasteiger partial charge in [-0.25, -0.2) is 0 Å². The van der Waals surface area contributed by atoms with E-state index in [-0.39, 0.29) is 11.9 Å². The van der Waals surface area contributed by atoms with E-state index < -0.39 is 0 Å². The Morgan fingerprint density at radius 3 is 2.83 bits per heavy atom. The predicted molar refractivity (Wildman–Crippen MR) is 90.2 cm³/mol. The van der Waals surface area contributed by atoms with E-state index in [1.807, 2.05) is 30.3 Å². The Kier molecular flexibility index (Phi) is 3.90. The van der Waals surface area contributed by atoms with Crippen LogP contribution in [-0.4, -0.2) is 30.7 Å². The van der Waals surface area contributed by atoms with Crippen molar-refractivity contribution in [1.29, 1.82) is 0 Å². The molecule has 1 aromatic rings. The fourth-order valence-corrected chi connectivity index (χ4v) is 4.87. The molecule has 1 aromatic carbocycles. The average molecular weight is 314 g/mol. The number of fused-ring (bicyclic) bond motifs is 2. The number of amides is 1. The van der Waals surface area contributed by atoms with Crippen molar-refractivity contribution in [2.75, 3.05) is 11.9 Å². The molecule has 1 heterocycles. The van der Waals surface area contributed by atoms with E-state index in [1.165, 1.54) is 25.7 Å². The maximum Gasteiger partial charge on any atom is 0.225 e. The van der Waals surface area contributed by atoms with Crippen LogP contribution in [0.3, 0.4) is 0 Å². The Labute approximate surface area is 138 Å². The third-order valence-corrected chi connectivity index (χ3v) is 6.05. The first-order valence-corrected chi connectivity index (χ1v) is 8.92. The van der Waals surface area contributed by atoms with Crippen molar-refractivity contribution in [1.82, 2.24) is 5.32 Å². The summed E-state index contributed by atoms with van der Waals surface area (Å²) >= 11 is 0. The monoisotopic (exact) mass is 314 g/mol. The van der Waals surface area contributed by atoms with Crippen LogP contribution < -0.4 is 10.6 Å². The van der Waals surface area contributed by atoms with Gasteiger partial charge in [-0.1, -0.05) is 24.6 Å². The lowest BCUT2D eigenvalue weighted by molar-refractivity contribution is -0.178. The molecule has 4 atom stereocenters. The van der Waals surface area contributed by atoms with Crippen LogP contribution in [0.15, 0.2) is 30.3 Å². The van der Waals surface area contributed by atoms with Crippen LogP contribution in [0.25, 0.3) is 0 Å². The second-order valence-corrected chi connectivity index (χ2v) is 7.49. The van der Waals surface area contributed by atoms with Crippen molar-refractivity contribution in [3.63, 3.8) is 0 Å². The first-order valence-electron chi connectivity index (χ1n) is 8.92. The Morgan fingerprint density at radius 1 is 1.35 bits per heavy atom. The number of rotatable bonds is 5. The number of hydrogen-bond acceptors (Lipinski definition) is 3. The number of anilines is 1. The van der Waals surface area contributed by atoms with Gasteiger partial charge in [0.2, 0.25) is 5.91 Å². The van der Waals surface area contributed by atoms with Crippen molar-refractivity contribution in [3.05, 3.63) is 30.3 Å². The maximum absolute atomic E-state index is 12.2. The highest BCUT2D eigenvalue weighted by Gasteiger charge is 2.66. The molecule has 3 fully saturated rings. The molecule has 0 radical (unpaired) electrons. The Hall–Kier alpha value is -1.39. The highest BCUT2D eigenvalue weighted by Crippen LogP contribution is 2.62. The standard InChI is InChI=1S/C19H26N2O2/c1-13(12-16(22)21-14-6-3-2-4-7-14)20-17-15-8-11-23-18(15)19(17)9-5-10-19/h2-4,6-7,13,15,17-18,20H,5,8-12H2,1H3,(H,21,22)/t13-,15+,17-,18+/m1/s1. The SMILES string of the molecule is C[C@H](CC(=O)Nc1ccccc1)N[C@@H]1[C@@H]2CCO[C@@H]2C12CCC2. The van der Waals surface area contributed by atoms with Crippen LogP contribution in [0.2, 0.25) is 0 Å². The van der Waals surface area contributed by atoms with E-state index in [0.29, 0.717) is 29.9 Å². The van der Waals surface area contributed by atoms with Gasteiger partial charge in [-0.2, -0.15) is 0 Å². The summed E-state index contributed by atoms with van der Waals surface area (Å²) in [7, 11) is 0. The van der Waals surface area contributed by atoms with E-state index in [2.05, 4.69) is 17.6 Å². The molecule has 0 aromatic heterocycles. The first-order chi connectivity index (χ1) is 11.2. The fraction of sp³-hybridized carbons (Fsp3) is 0.632. The predicted octanol–water partition coefficient (Wildman–Crippen LogP) is 2.95. The molecule has 23 heavy (non-hydrogen) atoms. The summed E-state index contributed by atoms with van der Waals surface area (Å²) in [5.41, 5.74) is 1.25. The van der Waals surface area contributed by atoms with Crippen molar-refractivity contribution in [2.45, 2.75) is 57.2 Å². The quantitative estimate of drug-likeness (QED) is 0.878. The Bertz CT molecular complexity index is 570. The molecular weight excluding hydrogens is 288 g/mol. The van der Waals surface area contributed by atoms with Crippen LogP contribution in [-0.2, 0) is 9.53 Å². The Morgan fingerprint density at radius 2 is 2.13 bits per heavy atom. The van der Waals surface area contributed by atoms with Gasteiger partial charge in [-0.05, 0) is 38.3 Å². The van der Waals surface area contributed by atoms with Gasteiger partial charge in [0.15, 0.2) is 0 Å². The highest BCUT2D eigenvalue weighted by molar-refractivity contribution is 5.91. The molecule has 3 aliphatic rings. The van der Waals surface area contributed by atoms with Crippen molar-refractivity contribution in [3.8, 4) is 0 Å². The highest BCUT2D eigenvalue weighted by atomic mass is 16.5. The fourth-order valence-electron chi connectivity index (χ4n) is 4.87. The minimum Gasteiger partial charge on any atom is -0.377 e. The molecule has 124 valence electrons. The van der Waals surface area contributed by atoms with Gasteiger partial charge >= 0.3 is 0 Å². The lowest BCUT2D eigenvalue weighted by Crippen LogP contribution is -2.72. The summed E-state index contributed by atoms with van der Waals surface area (Å²) in [5, 5.41) is 6.73. The van der Waals surface area contributed by atoms with Crippen LogP contribution >= 0.6 is 0 Å². The van der Waals surface area contributed by atoms with Crippen molar-refractivity contribution < 1.29 is 9.53 Å². The second kappa shape index (κ2) is 5.91. The lowest BCUT2D eigenvalue weighted by atomic mass is 9.46. The first kappa shape index (κ1) is 15.2. The van der Waals surface area contributed by atoms with Gasteiger partial charge < -0.3 is 15.4 Å². The van der Waals surface area contributed by atoms with Crippen LogP contribution in [0.1, 0.15) is 39.0 Å². The zero-order chi connectivity index (χ0) is 15.9. The number of benzene rings is 1. The van der Waals surface area contributed by atoms with Crippen molar-refractivity contribution >= 4 is 11.6 Å². The number of nitrogens with one attached hydrogen (secondary N) is 2.